The van der Waals surface area contributed by atoms with Crippen molar-refractivity contribution in [2.24, 2.45) is 0 Å². The molecule has 348 valence electrons. The van der Waals surface area contributed by atoms with Gasteiger partial charge in [0.15, 0.2) is 0 Å². The first-order chi connectivity index (χ1) is 30.7. The number of unbranched alkanes of at least 4 members (excludes halogenated alkanes) is 16. The lowest BCUT2D eigenvalue weighted by Gasteiger charge is -2.19. The topological polar surface area (TPSA) is 139 Å². The molecule has 11 heteroatoms. The third kappa shape index (κ3) is 20.7. The lowest BCUT2D eigenvalue weighted by atomic mass is 10.1. The van der Waals surface area contributed by atoms with Crippen LogP contribution in [-0.4, -0.2) is 49.7 Å². The number of nitrogen functional groups attached to an aromatic ring is 1. The number of carbonyl (C=O) groups is 3. The van der Waals surface area contributed by atoms with Crippen LogP contribution in [0.3, 0.4) is 0 Å². The second-order valence-corrected chi connectivity index (χ2v) is 19.4. The molecule has 0 spiro atoms. The van der Waals surface area contributed by atoms with Crippen molar-refractivity contribution in [2.75, 3.05) is 33.2 Å². The van der Waals surface area contributed by atoms with E-state index in [1.807, 2.05) is 60.3 Å². The first-order valence-corrected chi connectivity index (χ1v) is 26.5. The summed E-state index contributed by atoms with van der Waals surface area (Å²) in [6.07, 6.45) is 29.8. The van der Waals surface area contributed by atoms with Crippen molar-refractivity contribution in [1.29, 1.82) is 0 Å². The molecule has 0 aliphatic heterocycles. The highest BCUT2D eigenvalue weighted by molar-refractivity contribution is 8.00. The molecule has 2 atom stereocenters. The Hall–Kier alpha value is -3.83. The maximum absolute atomic E-state index is 13.4. The lowest BCUT2D eigenvalue weighted by molar-refractivity contribution is -0.116. The Labute approximate surface area is 388 Å². The van der Waals surface area contributed by atoms with E-state index in [-0.39, 0.29) is 28.2 Å². The van der Waals surface area contributed by atoms with Gasteiger partial charge in [0.1, 0.15) is 0 Å². The molecule has 0 saturated heterocycles. The van der Waals surface area contributed by atoms with E-state index in [0.29, 0.717) is 22.7 Å². The van der Waals surface area contributed by atoms with Gasteiger partial charge in [0.2, 0.25) is 17.7 Å². The average Bonchev–Trinajstić information content (AvgIpc) is 3.28. The molecule has 9 nitrogen and oxygen atoms in total. The zero-order valence-electron chi connectivity index (χ0n) is 39.4. The predicted octanol–water partition coefficient (Wildman–Crippen LogP) is 14.8. The highest BCUT2D eigenvalue weighted by Crippen LogP contribution is 2.33. The SMILES string of the molecule is CCCCCCCCC(SCCCCCC)C(=O)Nc1c(N)ccc2ncccc12.CCCCCCCCC(SCCCCCC)C(=O)Nc1c(NC(C)=O)ccc2ncccc12. The summed E-state index contributed by atoms with van der Waals surface area (Å²) in [5.74, 6) is 1.98. The van der Waals surface area contributed by atoms with Crippen LogP contribution in [0.1, 0.15) is 176 Å². The lowest BCUT2D eigenvalue weighted by Crippen LogP contribution is -2.26. The van der Waals surface area contributed by atoms with E-state index in [2.05, 4.69) is 53.6 Å². The molecule has 0 bridgehead atoms. The van der Waals surface area contributed by atoms with E-state index in [1.165, 1.54) is 116 Å². The van der Waals surface area contributed by atoms with Gasteiger partial charge in [-0.15, -0.1) is 23.5 Å². The Morgan fingerprint density at radius 2 is 0.937 bits per heavy atom. The monoisotopic (exact) mass is 901 g/mol. The van der Waals surface area contributed by atoms with Crippen LogP contribution in [0.4, 0.5) is 22.7 Å². The molecule has 0 aliphatic carbocycles. The molecular formula is C52H80N6O3S2. The van der Waals surface area contributed by atoms with Crippen LogP contribution in [0.15, 0.2) is 60.9 Å². The molecule has 4 rings (SSSR count). The largest absolute Gasteiger partial charge is 0.397 e. The normalized spacial score (nSPS) is 12.1. The van der Waals surface area contributed by atoms with Gasteiger partial charge in [0, 0.05) is 30.1 Å². The zero-order valence-corrected chi connectivity index (χ0v) is 41.0. The highest BCUT2D eigenvalue weighted by Gasteiger charge is 2.23. The molecule has 5 N–H and O–H groups in total. The zero-order chi connectivity index (χ0) is 45.5. The second-order valence-electron chi connectivity index (χ2n) is 16.8. The van der Waals surface area contributed by atoms with E-state index in [9.17, 15) is 14.4 Å². The van der Waals surface area contributed by atoms with E-state index in [4.69, 9.17) is 5.73 Å². The molecule has 0 aliphatic rings. The summed E-state index contributed by atoms with van der Waals surface area (Å²) in [5.41, 5.74) is 10.4. The summed E-state index contributed by atoms with van der Waals surface area (Å²) in [4.78, 5) is 47.2. The Morgan fingerprint density at radius 3 is 1.41 bits per heavy atom. The van der Waals surface area contributed by atoms with Crippen LogP contribution in [-0.2, 0) is 14.4 Å². The first-order valence-electron chi connectivity index (χ1n) is 24.4. The van der Waals surface area contributed by atoms with Crippen molar-refractivity contribution in [3.63, 3.8) is 0 Å². The quantitative estimate of drug-likeness (QED) is 0.0289. The predicted molar refractivity (Wildman–Crippen MR) is 276 cm³/mol. The number of benzene rings is 2. The van der Waals surface area contributed by atoms with Gasteiger partial charge in [-0.1, -0.05) is 143 Å². The Morgan fingerprint density at radius 1 is 0.524 bits per heavy atom. The van der Waals surface area contributed by atoms with Crippen LogP contribution in [0.2, 0.25) is 0 Å². The smallest absolute Gasteiger partial charge is 0.237 e. The second kappa shape index (κ2) is 32.8. The van der Waals surface area contributed by atoms with Crippen molar-refractivity contribution >= 4 is 85.8 Å². The molecule has 0 saturated carbocycles. The van der Waals surface area contributed by atoms with Gasteiger partial charge in [-0.25, -0.2) is 0 Å². The van der Waals surface area contributed by atoms with E-state index in [1.54, 1.807) is 24.2 Å². The number of nitrogens with two attached hydrogens (primary N) is 1. The summed E-state index contributed by atoms with van der Waals surface area (Å²) >= 11 is 3.59. The van der Waals surface area contributed by atoms with Crippen molar-refractivity contribution < 1.29 is 14.4 Å². The van der Waals surface area contributed by atoms with Crippen LogP contribution < -0.4 is 21.7 Å². The van der Waals surface area contributed by atoms with Gasteiger partial charge >= 0.3 is 0 Å². The molecule has 2 unspecified atom stereocenters. The maximum atomic E-state index is 13.4. The summed E-state index contributed by atoms with van der Waals surface area (Å²) in [6.45, 7) is 10.4. The van der Waals surface area contributed by atoms with Gasteiger partial charge in [0.25, 0.3) is 0 Å². The molecule has 4 aromatic rings. The number of hydrogen-bond acceptors (Lipinski definition) is 8. The van der Waals surface area contributed by atoms with E-state index in [0.717, 1.165) is 65.4 Å². The van der Waals surface area contributed by atoms with Gasteiger partial charge in [-0.2, -0.15) is 0 Å². The van der Waals surface area contributed by atoms with Crippen LogP contribution in [0, 0.1) is 0 Å². The van der Waals surface area contributed by atoms with Gasteiger partial charge in [0.05, 0.1) is 44.3 Å². The molecule has 3 amide bonds. The summed E-state index contributed by atoms with van der Waals surface area (Å²) in [5, 5.41) is 10.8. The molecular weight excluding hydrogens is 821 g/mol. The number of rotatable bonds is 31. The number of anilines is 4. The number of thioether (sulfide) groups is 2. The van der Waals surface area contributed by atoms with E-state index < -0.39 is 0 Å². The Bertz CT molecular complexity index is 1910. The minimum Gasteiger partial charge on any atom is -0.397 e. The number of pyridine rings is 2. The summed E-state index contributed by atoms with van der Waals surface area (Å²) in [6, 6.07) is 15.0. The highest BCUT2D eigenvalue weighted by atomic mass is 32.2. The minimum absolute atomic E-state index is 0.0204. The van der Waals surface area contributed by atoms with Crippen molar-refractivity contribution in [3.05, 3.63) is 60.9 Å². The Kier molecular flexibility index (Phi) is 27.8. The molecule has 2 aromatic carbocycles. The molecule has 2 heterocycles. The molecule has 0 fully saturated rings. The molecule has 2 aromatic heterocycles. The number of hydrogen-bond donors (Lipinski definition) is 4. The van der Waals surface area contributed by atoms with Crippen LogP contribution >= 0.6 is 23.5 Å². The molecule has 63 heavy (non-hydrogen) atoms. The van der Waals surface area contributed by atoms with Crippen molar-refractivity contribution in [3.8, 4) is 0 Å². The number of nitrogens with zero attached hydrogens (tertiary/aromatic N) is 2. The summed E-state index contributed by atoms with van der Waals surface area (Å²) < 4.78 is 0. The standard InChI is InChI=1S/C27H41N3O2S.C25H39N3OS/c1-4-6-8-10-11-12-16-25(33-20-13-9-7-5-2)27(32)30-26-22-15-14-19-28-23(22)17-18-24(26)29-21(3)31;1-3-5-7-9-10-11-15-23(30-19-12-8-6-4-2)25(29)28-24-20-14-13-18-27-22(20)17-16-21(24)26/h14-15,17-19,25H,4-13,16,20H2,1-3H3,(H,29,31)(H,30,32);13-14,16-18,23H,3-12,15,19,26H2,1-2H3,(H,28,29). The fourth-order valence-corrected chi connectivity index (χ4v) is 10.0. The number of fused-ring (bicyclic) bond motifs is 2. The molecule has 0 radical (unpaired) electrons. The van der Waals surface area contributed by atoms with Gasteiger partial charge in [-0.3, -0.25) is 24.4 Å². The van der Waals surface area contributed by atoms with E-state index >= 15 is 0 Å². The minimum atomic E-state index is -0.164. The number of nitrogens with one attached hydrogen (secondary N) is 3. The van der Waals surface area contributed by atoms with Gasteiger partial charge in [-0.05, 0) is 85.7 Å². The number of amides is 3. The van der Waals surface area contributed by atoms with Crippen molar-refractivity contribution in [2.45, 2.75) is 186 Å². The number of carbonyl (C=O) groups excluding carboxylic acids is 3. The van der Waals surface area contributed by atoms with Crippen LogP contribution in [0.25, 0.3) is 21.8 Å². The Balaban J connectivity index is 0.000000337. The van der Waals surface area contributed by atoms with Gasteiger partial charge < -0.3 is 21.7 Å². The van der Waals surface area contributed by atoms with Crippen molar-refractivity contribution in [1.82, 2.24) is 9.97 Å². The fraction of sp³-hybridized carbons (Fsp3) is 0.596. The third-order valence-electron chi connectivity index (χ3n) is 11.3. The fourth-order valence-electron chi connectivity index (χ4n) is 7.61. The summed E-state index contributed by atoms with van der Waals surface area (Å²) in [7, 11) is 0. The maximum Gasteiger partial charge on any atom is 0.237 e. The average molecular weight is 901 g/mol. The first kappa shape index (κ1) is 53.5. The third-order valence-corrected chi connectivity index (χ3v) is 14.0. The van der Waals surface area contributed by atoms with Crippen LogP contribution in [0.5, 0.6) is 0 Å². The number of aromatic nitrogens is 2.